The lowest BCUT2D eigenvalue weighted by Crippen LogP contribution is -2.51. The first kappa shape index (κ1) is 26.3. The molecule has 2 aromatic rings. The van der Waals surface area contributed by atoms with E-state index in [9.17, 15) is 4.39 Å². The smallest absolute Gasteiger partial charge is 0.191 e. The molecule has 1 aromatic carbocycles. The molecule has 32 heavy (non-hydrogen) atoms. The van der Waals surface area contributed by atoms with E-state index in [0.717, 1.165) is 67.8 Å². The Morgan fingerprint density at radius 2 is 2.12 bits per heavy atom. The highest BCUT2D eigenvalue weighted by atomic mass is 127. The third-order valence-electron chi connectivity index (χ3n) is 5.64. The summed E-state index contributed by atoms with van der Waals surface area (Å²) in [6.45, 7) is 7.61. The zero-order valence-corrected chi connectivity index (χ0v) is 21.7. The van der Waals surface area contributed by atoms with E-state index < -0.39 is 0 Å². The first-order chi connectivity index (χ1) is 15.0. The molecule has 1 atom stereocenters. The van der Waals surface area contributed by atoms with Crippen LogP contribution in [0.3, 0.4) is 0 Å². The van der Waals surface area contributed by atoms with Gasteiger partial charge in [0.25, 0.3) is 0 Å². The van der Waals surface area contributed by atoms with Crippen molar-refractivity contribution in [2.45, 2.75) is 45.7 Å². The monoisotopic (exact) mass is 559 g/mol. The maximum absolute atomic E-state index is 13.5. The summed E-state index contributed by atoms with van der Waals surface area (Å²) in [6.07, 6.45) is 3.01. The molecule has 178 valence electrons. The molecule has 0 saturated carbocycles. The van der Waals surface area contributed by atoms with E-state index in [1.165, 1.54) is 6.07 Å². The van der Waals surface area contributed by atoms with E-state index in [2.05, 4.69) is 25.7 Å². The zero-order valence-electron chi connectivity index (χ0n) is 19.4. The first-order valence-electron chi connectivity index (χ1n) is 10.9. The minimum atomic E-state index is -0.193. The van der Waals surface area contributed by atoms with Crippen molar-refractivity contribution in [3.8, 4) is 0 Å². The van der Waals surface area contributed by atoms with Crippen LogP contribution in [0, 0.1) is 19.7 Å². The number of aromatic nitrogens is 3. The van der Waals surface area contributed by atoms with E-state index in [1.807, 2.05) is 31.5 Å². The van der Waals surface area contributed by atoms with E-state index in [-0.39, 0.29) is 35.8 Å². The van der Waals surface area contributed by atoms with Gasteiger partial charge < -0.3 is 24.8 Å². The minimum Gasteiger partial charge on any atom is -0.385 e. The van der Waals surface area contributed by atoms with Gasteiger partial charge in [-0.25, -0.2) is 9.38 Å². The molecule has 0 amide bonds. The average Bonchev–Trinajstić information content (AvgIpc) is 3.07. The molecule has 1 unspecified atom stereocenters. The van der Waals surface area contributed by atoms with E-state index in [1.54, 1.807) is 13.2 Å². The van der Waals surface area contributed by atoms with Gasteiger partial charge in [-0.3, -0.25) is 0 Å². The number of piperidine rings is 1. The summed E-state index contributed by atoms with van der Waals surface area (Å²) in [5, 5.41) is 15.3. The third kappa shape index (κ3) is 7.29. The van der Waals surface area contributed by atoms with Gasteiger partial charge in [-0.15, -0.1) is 34.2 Å². The Hall–Kier alpha value is -1.95. The SMILES string of the molecule is COCCCNC(=NCc1nnc(C)n1C)NC1CCCN(c2ccc(F)cc2C)C1.I. The molecule has 2 heterocycles. The molecule has 1 fully saturated rings. The number of ether oxygens (including phenoxy) is 1. The van der Waals surface area contributed by atoms with Crippen molar-refractivity contribution in [1.29, 1.82) is 0 Å². The number of aryl methyl sites for hydroxylation is 2. The first-order valence-corrected chi connectivity index (χ1v) is 10.9. The fourth-order valence-corrected chi connectivity index (χ4v) is 3.80. The van der Waals surface area contributed by atoms with Crippen molar-refractivity contribution in [3.63, 3.8) is 0 Å². The molecular formula is C22H35FIN7O. The second-order valence-corrected chi connectivity index (χ2v) is 8.02. The standard InChI is InChI=1S/C22H34FN7O.HI/c1-16-13-18(23)8-9-20(16)30-11-5-7-19(15-30)26-22(24-10-6-12-31-4)25-14-21-28-27-17(2)29(21)3;/h8-9,13,19H,5-7,10-12,14-15H2,1-4H3,(H2,24,25,26);1H. The average molecular weight is 559 g/mol. The Kier molecular flexibility index (Phi) is 10.6. The number of rotatable bonds is 8. The summed E-state index contributed by atoms with van der Waals surface area (Å²) in [4.78, 5) is 7.07. The lowest BCUT2D eigenvalue weighted by molar-refractivity contribution is 0.195. The molecule has 1 aliphatic heterocycles. The van der Waals surface area contributed by atoms with Crippen LogP contribution >= 0.6 is 24.0 Å². The zero-order chi connectivity index (χ0) is 22.2. The summed E-state index contributed by atoms with van der Waals surface area (Å²) in [5.74, 6) is 2.26. The molecule has 8 nitrogen and oxygen atoms in total. The predicted molar refractivity (Wildman–Crippen MR) is 136 cm³/mol. The topological polar surface area (TPSA) is 79.6 Å². The minimum absolute atomic E-state index is 0. The highest BCUT2D eigenvalue weighted by molar-refractivity contribution is 14.0. The van der Waals surface area contributed by atoms with Gasteiger partial charge in [0.1, 0.15) is 18.2 Å². The Morgan fingerprint density at radius 1 is 1.31 bits per heavy atom. The van der Waals surface area contributed by atoms with Crippen LogP contribution in [0.5, 0.6) is 0 Å². The third-order valence-corrected chi connectivity index (χ3v) is 5.64. The van der Waals surface area contributed by atoms with Gasteiger partial charge in [-0.1, -0.05) is 0 Å². The van der Waals surface area contributed by atoms with Gasteiger partial charge in [0.2, 0.25) is 0 Å². The molecule has 0 bridgehead atoms. The summed E-state index contributed by atoms with van der Waals surface area (Å²) in [6, 6.07) is 5.25. The predicted octanol–water partition coefficient (Wildman–Crippen LogP) is 2.93. The molecule has 0 aliphatic carbocycles. The molecule has 10 heteroatoms. The van der Waals surface area contributed by atoms with Gasteiger partial charge in [-0.2, -0.15) is 0 Å². The summed E-state index contributed by atoms with van der Waals surface area (Å²) < 4.78 is 20.6. The van der Waals surface area contributed by atoms with Crippen LogP contribution in [0.4, 0.5) is 10.1 Å². The van der Waals surface area contributed by atoms with Crippen LogP contribution in [-0.4, -0.2) is 60.1 Å². The van der Waals surface area contributed by atoms with E-state index in [0.29, 0.717) is 13.2 Å². The van der Waals surface area contributed by atoms with Crippen LogP contribution in [0.15, 0.2) is 23.2 Å². The number of aliphatic imine (C=N–C) groups is 1. The van der Waals surface area contributed by atoms with Crippen molar-refractivity contribution in [2.75, 3.05) is 38.3 Å². The Labute approximate surface area is 207 Å². The van der Waals surface area contributed by atoms with Crippen LogP contribution in [0.2, 0.25) is 0 Å². The maximum Gasteiger partial charge on any atom is 0.191 e. The Morgan fingerprint density at radius 3 is 2.81 bits per heavy atom. The van der Waals surface area contributed by atoms with Gasteiger partial charge in [0.05, 0.1) is 0 Å². The largest absolute Gasteiger partial charge is 0.385 e. The van der Waals surface area contributed by atoms with Gasteiger partial charge in [0.15, 0.2) is 11.8 Å². The fourth-order valence-electron chi connectivity index (χ4n) is 3.80. The second-order valence-electron chi connectivity index (χ2n) is 8.02. The van der Waals surface area contributed by atoms with Crippen molar-refractivity contribution < 1.29 is 9.13 Å². The maximum atomic E-state index is 13.5. The van der Waals surface area contributed by atoms with E-state index in [4.69, 9.17) is 9.73 Å². The number of halogens is 2. The quantitative estimate of drug-likeness (QED) is 0.224. The molecule has 2 N–H and O–H groups in total. The van der Waals surface area contributed by atoms with Crippen LogP contribution < -0.4 is 15.5 Å². The Bertz CT molecular complexity index is 889. The number of nitrogens with zero attached hydrogens (tertiary/aromatic N) is 5. The van der Waals surface area contributed by atoms with Gasteiger partial charge >= 0.3 is 0 Å². The van der Waals surface area contributed by atoms with Crippen molar-refractivity contribution in [1.82, 2.24) is 25.4 Å². The molecule has 1 aliphatic rings. The lowest BCUT2D eigenvalue weighted by atomic mass is 10.0. The Balaban J connectivity index is 0.00000363. The number of guanidine groups is 1. The van der Waals surface area contributed by atoms with Gasteiger partial charge in [-0.05, 0) is 56.9 Å². The second kappa shape index (κ2) is 12.9. The van der Waals surface area contributed by atoms with Crippen LogP contribution in [-0.2, 0) is 18.3 Å². The summed E-state index contributed by atoms with van der Waals surface area (Å²) in [5.41, 5.74) is 2.05. The highest BCUT2D eigenvalue weighted by Gasteiger charge is 2.22. The molecule has 1 aromatic heterocycles. The fraction of sp³-hybridized carbons (Fsp3) is 0.591. The molecule has 0 radical (unpaired) electrons. The number of nitrogens with one attached hydrogen (secondary N) is 2. The van der Waals surface area contributed by atoms with Gasteiger partial charge in [0, 0.05) is 52.1 Å². The van der Waals surface area contributed by atoms with Crippen molar-refractivity contribution in [2.24, 2.45) is 12.0 Å². The number of hydrogen-bond donors (Lipinski definition) is 2. The number of hydrogen-bond acceptors (Lipinski definition) is 5. The lowest BCUT2D eigenvalue weighted by Gasteiger charge is -2.36. The molecule has 1 saturated heterocycles. The highest BCUT2D eigenvalue weighted by Crippen LogP contribution is 2.24. The number of anilines is 1. The number of benzene rings is 1. The van der Waals surface area contributed by atoms with Crippen LogP contribution in [0.25, 0.3) is 0 Å². The molecular weight excluding hydrogens is 524 g/mol. The summed E-state index contributed by atoms with van der Waals surface area (Å²) in [7, 11) is 3.65. The normalized spacial score (nSPS) is 16.6. The molecule has 0 spiro atoms. The van der Waals surface area contributed by atoms with Crippen LogP contribution in [0.1, 0.15) is 36.5 Å². The van der Waals surface area contributed by atoms with E-state index >= 15 is 0 Å². The number of methoxy groups -OCH3 is 1. The van der Waals surface area contributed by atoms with Crippen molar-refractivity contribution >= 4 is 35.6 Å². The van der Waals surface area contributed by atoms with Crippen molar-refractivity contribution in [3.05, 3.63) is 41.2 Å². The summed E-state index contributed by atoms with van der Waals surface area (Å²) >= 11 is 0. The molecule has 3 rings (SSSR count).